The number of piperidine rings is 2. The van der Waals surface area contributed by atoms with E-state index in [0.29, 0.717) is 12.8 Å². The summed E-state index contributed by atoms with van der Waals surface area (Å²) in [6.07, 6.45) is 1.09. The number of fused-ring (bicyclic) bond motifs is 3. The first-order valence-corrected chi connectivity index (χ1v) is 12.5. The Morgan fingerprint density at radius 1 is 0.895 bits per heavy atom. The summed E-state index contributed by atoms with van der Waals surface area (Å²) in [6.45, 7) is -1.32. The van der Waals surface area contributed by atoms with Gasteiger partial charge < -0.3 is 30.1 Å². The van der Waals surface area contributed by atoms with Crippen LogP contribution in [0.25, 0.3) is 0 Å². The molecule has 9 nitrogen and oxygen atoms in total. The molecule has 0 atom stereocenters. The summed E-state index contributed by atoms with van der Waals surface area (Å²) in [7, 11) is 0. The van der Waals surface area contributed by atoms with Crippen molar-refractivity contribution in [1.29, 1.82) is 0 Å². The molecule has 0 unspecified atom stereocenters. The summed E-state index contributed by atoms with van der Waals surface area (Å²) < 4.78 is 37.9. The number of hydrogen-bond donors (Lipinski definition) is 3. The first-order chi connectivity index (χ1) is 18.1. The van der Waals surface area contributed by atoms with Gasteiger partial charge in [0.15, 0.2) is 13.2 Å². The van der Waals surface area contributed by atoms with E-state index in [0.717, 1.165) is 12.1 Å². The molecule has 2 bridgehead atoms. The van der Waals surface area contributed by atoms with Gasteiger partial charge in [0.1, 0.15) is 34.3 Å². The SMILES string of the molecule is O=C(COc1ccc(Cl)c(F)c1)NC12CCC(NC(=O)COc3ccc(Cl)c(F)c3)(CC1)N(CCO)C2=O. The highest BCUT2D eigenvalue weighted by Crippen LogP contribution is 2.45. The van der Waals surface area contributed by atoms with Crippen molar-refractivity contribution in [3.8, 4) is 11.5 Å². The van der Waals surface area contributed by atoms with E-state index in [4.69, 9.17) is 32.7 Å². The van der Waals surface area contributed by atoms with Crippen molar-refractivity contribution in [2.24, 2.45) is 0 Å². The smallest absolute Gasteiger partial charge is 0.259 e. The largest absolute Gasteiger partial charge is 0.484 e. The molecule has 5 rings (SSSR count). The maximum atomic E-state index is 13.6. The van der Waals surface area contributed by atoms with Crippen LogP contribution in [-0.2, 0) is 14.4 Å². The maximum absolute atomic E-state index is 13.6. The van der Waals surface area contributed by atoms with Crippen molar-refractivity contribution in [3.05, 3.63) is 58.1 Å². The van der Waals surface area contributed by atoms with Crippen molar-refractivity contribution in [3.63, 3.8) is 0 Å². The molecule has 38 heavy (non-hydrogen) atoms. The van der Waals surface area contributed by atoms with E-state index in [9.17, 15) is 28.3 Å². The minimum absolute atomic E-state index is 0.0689. The molecule has 3 amide bonds. The summed E-state index contributed by atoms with van der Waals surface area (Å²) in [4.78, 5) is 40.2. The normalized spacial score (nSPS) is 22.2. The van der Waals surface area contributed by atoms with Crippen LogP contribution in [-0.4, -0.2) is 65.3 Å². The van der Waals surface area contributed by atoms with Crippen molar-refractivity contribution >= 4 is 40.9 Å². The van der Waals surface area contributed by atoms with Gasteiger partial charge in [-0.15, -0.1) is 0 Å². The summed E-state index contributed by atoms with van der Waals surface area (Å²) in [5.74, 6) is -2.74. The molecule has 2 aromatic carbocycles. The molecule has 0 aromatic heterocycles. The van der Waals surface area contributed by atoms with Gasteiger partial charge in [-0.2, -0.15) is 0 Å². The number of halogens is 4. The molecule has 3 fully saturated rings. The third-order valence-electron chi connectivity index (χ3n) is 6.70. The first-order valence-electron chi connectivity index (χ1n) is 11.8. The molecule has 2 aliphatic heterocycles. The molecule has 2 heterocycles. The van der Waals surface area contributed by atoms with Gasteiger partial charge in [-0.25, -0.2) is 8.78 Å². The Kier molecular flexibility index (Phi) is 8.29. The second-order valence-corrected chi connectivity index (χ2v) is 9.93. The summed E-state index contributed by atoms with van der Waals surface area (Å²) in [6, 6.07) is 7.54. The topological polar surface area (TPSA) is 117 Å². The van der Waals surface area contributed by atoms with E-state index in [1.54, 1.807) is 0 Å². The number of carbonyl (C=O) groups is 3. The van der Waals surface area contributed by atoms with Crippen molar-refractivity contribution in [2.45, 2.75) is 36.9 Å². The van der Waals surface area contributed by atoms with E-state index < -0.39 is 53.8 Å². The monoisotopic (exact) mass is 571 g/mol. The Bertz CT molecular complexity index is 1240. The molecule has 13 heteroatoms. The molecule has 2 aromatic rings. The van der Waals surface area contributed by atoms with Gasteiger partial charge >= 0.3 is 0 Å². The van der Waals surface area contributed by atoms with Gasteiger partial charge in [0.25, 0.3) is 11.8 Å². The van der Waals surface area contributed by atoms with E-state index in [2.05, 4.69) is 10.6 Å². The molecule has 3 aliphatic rings. The Morgan fingerprint density at radius 3 is 1.87 bits per heavy atom. The molecular weight excluding hydrogens is 547 g/mol. The van der Waals surface area contributed by atoms with Crippen LogP contribution in [0.15, 0.2) is 36.4 Å². The quantitative estimate of drug-likeness (QED) is 0.403. The molecule has 1 saturated carbocycles. The van der Waals surface area contributed by atoms with Crippen LogP contribution < -0.4 is 20.1 Å². The Balaban J connectivity index is 1.38. The number of ether oxygens (including phenoxy) is 2. The highest BCUT2D eigenvalue weighted by Gasteiger charge is 2.59. The minimum atomic E-state index is -1.23. The van der Waals surface area contributed by atoms with Crippen LogP contribution in [0.1, 0.15) is 25.7 Å². The third kappa shape index (κ3) is 5.79. The van der Waals surface area contributed by atoms with E-state index >= 15 is 0 Å². The highest BCUT2D eigenvalue weighted by molar-refractivity contribution is 6.31. The summed E-state index contributed by atoms with van der Waals surface area (Å²) in [5.41, 5.74) is -2.31. The maximum Gasteiger partial charge on any atom is 0.259 e. The van der Waals surface area contributed by atoms with Gasteiger partial charge in [-0.05, 0) is 49.9 Å². The fourth-order valence-corrected chi connectivity index (χ4v) is 5.08. The van der Waals surface area contributed by atoms with E-state index in [-0.39, 0.29) is 47.5 Å². The van der Waals surface area contributed by atoms with Crippen molar-refractivity contribution in [1.82, 2.24) is 15.5 Å². The van der Waals surface area contributed by atoms with E-state index in [1.165, 1.54) is 29.2 Å². The lowest BCUT2D eigenvalue weighted by Gasteiger charge is -2.58. The number of amides is 3. The first kappa shape index (κ1) is 27.9. The lowest BCUT2D eigenvalue weighted by Crippen LogP contribution is -2.78. The van der Waals surface area contributed by atoms with E-state index in [1.807, 2.05) is 0 Å². The molecule has 0 radical (unpaired) electrons. The standard InChI is InChI=1S/C25H25Cl2F2N3O6/c26-17-3-1-15(11-19(17)28)37-13-21(34)30-24-5-7-25(8-6-24,32(9-10-33)23(24)36)31-22(35)14-38-16-2-4-18(27)20(29)12-16/h1-4,11-12,33H,5-10,13-14H2,(H,30,34)(H,31,35). The van der Waals surface area contributed by atoms with Crippen molar-refractivity contribution < 1.29 is 37.7 Å². The number of aliphatic hydroxyl groups is 1. The number of nitrogens with one attached hydrogen (secondary N) is 2. The predicted octanol–water partition coefficient (Wildman–Crippen LogP) is 2.81. The van der Waals surface area contributed by atoms with Gasteiger partial charge in [0.05, 0.1) is 16.7 Å². The minimum Gasteiger partial charge on any atom is -0.484 e. The van der Waals surface area contributed by atoms with Gasteiger partial charge in [0, 0.05) is 18.7 Å². The van der Waals surface area contributed by atoms with Gasteiger partial charge in [-0.3, -0.25) is 14.4 Å². The number of hydrogen-bond acceptors (Lipinski definition) is 6. The van der Waals surface area contributed by atoms with Crippen LogP contribution in [0.4, 0.5) is 8.78 Å². The highest BCUT2D eigenvalue weighted by atomic mass is 35.5. The fraction of sp³-hybridized carbons (Fsp3) is 0.400. The number of carbonyl (C=O) groups excluding carboxylic acids is 3. The summed E-state index contributed by atoms with van der Waals surface area (Å²) in [5, 5.41) is 15.0. The Hall–Kier alpha value is -3.15. The Labute approximate surface area is 227 Å². The zero-order valence-electron chi connectivity index (χ0n) is 20.1. The number of rotatable bonds is 10. The zero-order valence-corrected chi connectivity index (χ0v) is 21.6. The zero-order chi connectivity index (χ0) is 27.5. The molecule has 204 valence electrons. The van der Waals surface area contributed by atoms with Crippen LogP contribution in [0.2, 0.25) is 10.0 Å². The predicted molar refractivity (Wildman–Crippen MR) is 133 cm³/mol. The molecule has 1 aliphatic carbocycles. The number of nitrogens with zero attached hydrogens (tertiary/aromatic N) is 1. The number of benzene rings is 2. The van der Waals surface area contributed by atoms with Crippen LogP contribution in [0.5, 0.6) is 11.5 Å². The van der Waals surface area contributed by atoms with Crippen molar-refractivity contribution in [2.75, 3.05) is 26.4 Å². The average molecular weight is 572 g/mol. The molecule has 3 N–H and O–H groups in total. The average Bonchev–Trinajstić information content (AvgIpc) is 2.89. The fourth-order valence-electron chi connectivity index (χ4n) is 4.84. The lowest BCUT2D eigenvalue weighted by atomic mass is 9.69. The van der Waals surface area contributed by atoms with Gasteiger partial charge in [0.2, 0.25) is 5.91 Å². The third-order valence-corrected chi connectivity index (χ3v) is 7.31. The summed E-state index contributed by atoms with van der Waals surface area (Å²) >= 11 is 11.3. The van der Waals surface area contributed by atoms with Crippen LogP contribution in [0.3, 0.4) is 0 Å². The molecular formula is C25H25Cl2F2N3O6. The molecule has 0 spiro atoms. The molecule has 2 saturated heterocycles. The number of aliphatic hydroxyl groups excluding tert-OH is 1. The lowest BCUT2D eigenvalue weighted by molar-refractivity contribution is -0.170. The van der Waals surface area contributed by atoms with Crippen LogP contribution in [0, 0.1) is 11.6 Å². The van der Waals surface area contributed by atoms with Crippen LogP contribution >= 0.6 is 23.2 Å². The van der Waals surface area contributed by atoms with Gasteiger partial charge in [-0.1, -0.05) is 23.2 Å². The second kappa shape index (κ2) is 11.3. The second-order valence-electron chi connectivity index (χ2n) is 9.12. The Morgan fingerprint density at radius 2 is 1.39 bits per heavy atom.